The largest absolute Gasteiger partial charge is 0.322 e. The summed E-state index contributed by atoms with van der Waals surface area (Å²) >= 11 is 3.99. The van der Waals surface area contributed by atoms with Gasteiger partial charge in [-0.25, -0.2) is 0 Å². The molecule has 6 heteroatoms. The lowest BCUT2D eigenvalue weighted by Crippen LogP contribution is -2.12. The van der Waals surface area contributed by atoms with Crippen molar-refractivity contribution >= 4 is 35.1 Å². The number of hydrogen-bond acceptors (Lipinski definition) is 4. The maximum absolute atomic E-state index is 12.7. The van der Waals surface area contributed by atoms with Crippen LogP contribution in [-0.2, 0) is 6.54 Å². The number of aryl methyl sites for hydroxylation is 2. The van der Waals surface area contributed by atoms with E-state index in [2.05, 4.69) is 41.6 Å². The molecule has 1 aliphatic rings. The number of carbonyl (C=O) groups excluding carboxylic acids is 1. The molecule has 2 aromatic carbocycles. The van der Waals surface area contributed by atoms with Crippen molar-refractivity contribution in [3.63, 3.8) is 0 Å². The van der Waals surface area contributed by atoms with Crippen molar-refractivity contribution < 1.29 is 4.79 Å². The molecule has 0 atom stereocenters. The summed E-state index contributed by atoms with van der Waals surface area (Å²) in [6, 6.07) is 18.1. The Morgan fingerprint density at radius 3 is 2.55 bits per heavy atom. The van der Waals surface area contributed by atoms with Crippen LogP contribution < -0.4 is 5.32 Å². The number of rotatable bonds is 5. The Bertz CT molecular complexity index is 992. The summed E-state index contributed by atoms with van der Waals surface area (Å²) < 4.78 is 2.47. The SMILES string of the molecule is Cc1cc(C)n(Cc2cccc(NC(=O)c3ccc(C4SCCCS4)cc3)c2)n1. The molecule has 0 radical (unpaired) electrons. The highest BCUT2D eigenvalue weighted by molar-refractivity contribution is 8.16. The number of carbonyl (C=O) groups is 1. The monoisotopic (exact) mass is 423 g/mol. The Hall–Kier alpha value is -2.18. The third-order valence-corrected chi connectivity index (χ3v) is 7.91. The molecule has 0 unspecified atom stereocenters. The first kappa shape index (κ1) is 20.1. The normalized spacial score (nSPS) is 14.7. The summed E-state index contributed by atoms with van der Waals surface area (Å²) in [7, 11) is 0. The van der Waals surface area contributed by atoms with Crippen molar-refractivity contribution in [3.05, 3.63) is 82.7 Å². The number of hydrogen-bond donors (Lipinski definition) is 1. The Labute approximate surface area is 180 Å². The van der Waals surface area contributed by atoms with Gasteiger partial charge in [0.25, 0.3) is 5.91 Å². The molecule has 0 bridgehead atoms. The van der Waals surface area contributed by atoms with E-state index in [9.17, 15) is 4.79 Å². The van der Waals surface area contributed by atoms with Gasteiger partial charge in [-0.3, -0.25) is 9.48 Å². The van der Waals surface area contributed by atoms with E-state index in [1.54, 1.807) is 0 Å². The Morgan fingerprint density at radius 2 is 1.86 bits per heavy atom. The Balaban J connectivity index is 1.42. The van der Waals surface area contributed by atoms with Gasteiger partial charge >= 0.3 is 0 Å². The zero-order valence-electron chi connectivity index (χ0n) is 16.7. The van der Waals surface area contributed by atoms with Crippen molar-refractivity contribution in [3.8, 4) is 0 Å². The molecule has 0 aliphatic carbocycles. The summed E-state index contributed by atoms with van der Waals surface area (Å²) in [4.78, 5) is 12.7. The highest BCUT2D eigenvalue weighted by Gasteiger charge is 2.17. The zero-order valence-corrected chi connectivity index (χ0v) is 18.4. The van der Waals surface area contributed by atoms with Crippen LogP contribution in [0.5, 0.6) is 0 Å². The van der Waals surface area contributed by atoms with Crippen LogP contribution in [0.1, 0.15) is 43.9 Å². The fourth-order valence-corrected chi connectivity index (χ4v) is 6.32. The van der Waals surface area contributed by atoms with Gasteiger partial charge in [-0.1, -0.05) is 24.3 Å². The molecule has 1 aromatic heterocycles. The zero-order chi connectivity index (χ0) is 20.2. The smallest absolute Gasteiger partial charge is 0.255 e. The van der Waals surface area contributed by atoms with E-state index < -0.39 is 0 Å². The van der Waals surface area contributed by atoms with E-state index >= 15 is 0 Å². The van der Waals surface area contributed by atoms with Crippen LogP contribution in [0.25, 0.3) is 0 Å². The maximum Gasteiger partial charge on any atom is 0.255 e. The standard InChI is InChI=1S/C23H25N3OS2/c1-16-13-17(2)26(25-16)15-18-5-3-6-21(14-18)24-22(27)19-7-9-20(10-8-19)23-28-11-4-12-29-23/h3,5-10,13-14,23H,4,11-12,15H2,1-2H3,(H,24,27). The minimum absolute atomic E-state index is 0.0798. The third kappa shape index (κ3) is 5.06. The molecule has 1 saturated heterocycles. The van der Waals surface area contributed by atoms with Gasteiger partial charge in [-0.15, -0.1) is 23.5 Å². The van der Waals surface area contributed by atoms with E-state index in [1.807, 2.05) is 65.5 Å². The second kappa shape index (κ2) is 9.09. The first-order chi connectivity index (χ1) is 14.1. The van der Waals surface area contributed by atoms with Crippen molar-refractivity contribution in [1.29, 1.82) is 0 Å². The Kier molecular flexibility index (Phi) is 6.31. The minimum Gasteiger partial charge on any atom is -0.322 e. The minimum atomic E-state index is -0.0798. The van der Waals surface area contributed by atoms with E-state index in [-0.39, 0.29) is 5.91 Å². The first-order valence-corrected chi connectivity index (χ1v) is 11.9. The molecule has 0 saturated carbocycles. The topological polar surface area (TPSA) is 46.9 Å². The molecule has 1 amide bonds. The molecule has 150 valence electrons. The summed E-state index contributed by atoms with van der Waals surface area (Å²) in [6.45, 7) is 4.74. The molecule has 3 aromatic rings. The average molecular weight is 424 g/mol. The van der Waals surface area contributed by atoms with Crippen molar-refractivity contribution in [2.45, 2.75) is 31.4 Å². The predicted molar refractivity (Wildman–Crippen MR) is 124 cm³/mol. The van der Waals surface area contributed by atoms with E-state index in [0.717, 1.165) is 22.6 Å². The molecule has 2 heterocycles. The van der Waals surface area contributed by atoms with Crippen molar-refractivity contribution in [2.75, 3.05) is 16.8 Å². The van der Waals surface area contributed by atoms with Gasteiger partial charge < -0.3 is 5.32 Å². The number of amides is 1. The quantitative estimate of drug-likeness (QED) is 0.574. The molecule has 4 nitrogen and oxygen atoms in total. The predicted octanol–water partition coefficient (Wildman–Crippen LogP) is 5.67. The second-order valence-electron chi connectivity index (χ2n) is 7.29. The van der Waals surface area contributed by atoms with Crippen molar-refractivity contribution in [1.82, 2.24) is 9.78 Å². The molecule has 0 spiro atoms. The lowest BCUT2D eigenvalue weighted by Gasteiger charge is -2.21. The molecule has 4 rings (SSSR count). The van der Waals surface area contributed by atoms with E-state index in [0.29, 0.717) is 16.7 Å². The summed E-state index contributed by atoms with van der Waals surface area (Å²) in [5.74, 6) is 2.35. The van der Waals surface area contributed by atoms with Crippen LogP contribution in [0, 0.1) is 13.8 Å². The Morgan fingerprint density at radius 1 is 1.10 bits per heavy atom. The van der Waals surface area contributed by atoms with Gasteiger partial charge in [0.1, 0.15) is 0 Å². The van der Waals surface area contributed by atoms with Crippen LogP contribution >= 0.6 is 23.5 Å². The molecule has 1 N–H and O–H groups in total. The highest BCUT2D eigenvalue weighted by Crippen LogP contribution is 2.43. The fourth-order valence-electron chi connectivity index (χ4n) is 3.43. The van der Waals surface area contributed by atoms with Crippen LogP contribution in [0.3, 0.4) is 0 Å². The number of thioether (sulfide) groups is 2. The number of anilines is 1. The lowest BCUT2D eigenvalue weighted by molar-refractivity contribution is 0.102. The number of nitrogens with one attached hydrogen (secondary N) is 1. The molecular formula is C23H25N3OS2. The van der Waals surface area contributed by atoms with E-state index in [4.69, 9.17) is 0 Å². The van der Waals surface area contributed by atoms with Gasteiger partial charge in [0.05, 0.1) is 16.8 Å². The average Bonchev–Trinajstić information content (AvgIpc) is 3.05. The first-order valence-electron chi connectivity index (χ1n) is 9.83. The van der Waals surface area contributed by atoms with Crippen LogP contribution in [0.15, 0.2) is 54.6 Å². The number of benzene rings is 2. The van der Waals surface area contributed by atoms with Crippen LogP contribution in [-0.4, -0.2) is 27.2 Å². The molecular weight excluding hydrogens is 398 g/mol. The number of aromatic nitrogens is 2. The third-order valence-electron chi connectivity index (χ3n) is 4.89. The molecule has 1 aliphatic heterocycles. The fraction of sp³-hybridized carbons (Fsp3) is 0.304. The van der Waals surface area contributed by atoms with Crippen LogP contribution in [0.4, 0.5) is 5.69 Å². The molecule has 1 fully saturated rings. The molecule has 29 heavy (non-hydrogen) atoms. The van der Waals surface area contributed by atoms with Gasteiger partial charge in [0.2, 0.25) is 0 Å². The van der Waals surface area contributed by atoms with E-state index in [1.165, 1.54) is 23.5 Å². The maximum atomic E-state index is 12.7. The van der Waals surface area contributed by atoms with Gasteiger partial charge in [-0.05, 0) is 73.2 Å². The highest BCUT2D eigenvalue weighted by atomic mass is 32.2. The van der Waals surface area contributed by atoms with Gasteiger partial charge in [0, 0.05) is 16.9 Å². The van der Waals surface area contributed by atoms with Crippen LogP contribution in [0.2, 0.25) is 0 Å². The van der Waals surface area contributed by atoms with Gasteiger partial charge in [0.15, 0.2) is 0 Å². The second-order valence-corrected chi connectivity index (χ2v) is 10.0. The van der Waals surface area contributed by atoms with Crippen molar-refractivity contribution in [2.24, 2.45) is 0 Å². The summed E-state index contributed by atoms with van der Waals surface area (Å²) in [5.41, 5.74) is 6.03. The summed E-state index contributed by atoms with van der Waals surface area (Å²) in [5, 5.41) is 7.54. The lowest BCUT2D eigenvalue weighted by atomic mass is 10.1. The van der Waals surface area contributed by atoms with Gasteiger partial charge in [-0.2, -0.15) is 5.10 Å². The number of nitrogens with zero attached hydrogens (tertiary/aromatic N) is 2. The summed E-state index contributed by atoms with van der Waals surface area (Å²) in [6.07, 6.45) is 1.28.